The van der Waals surface area contributed by atoms with Crippen LogP contribution in [0.5, 0.6) is 23.0 Å². The van der Waals surface area contributed by atoms with E-state index in [0.29, 0.717) is 58.3 Å². The molecule has 1 fully saturated rings. The normalized spacial score (nSPS) is 16.7. The van der Waals surface area contributed by atoms with E-state index in [9.17, 15) is 19.2 Å². The van der Waals surface area contributed by atoms with Gasteiger partial charge >= 0.3 is 24.4 Å². The molecule has 1 aliphatic rings. The van der Waals surface area contributed by atoms with Gasteiger partial charge in [0.2, 0.25) is 0 Å². The predicted molar refractivity (Wildman–Crippen MR) is 235 cm³/mol. The lowest BCUT2D eigenvalue weighted by molar-refractivity contribution is 0.0630. The Morgan fingerprint density at radius 3 is 1.56 bits per heavy atom. The van der Waals surface area contributed by atoms with Crippen molar-refractivity contribution in [2.24, 2.45) is 21.1 Å². The first-order chi connectivity index (χ1) is 30.4. The van der Waals surface area contributed by atoms with Crippen LogP contribution in [0.2, 0.25) is 0 Å². The van der Waals surface area contributed by atoms with E-state index in [4.69, 9.17) is 39.1 Å². The van der Waals surface area contributed by atoms with Crippen molar-refractivity contribution in [3.8, 4) is 35.5 Å². The second kappa shape index (κ2) is 21.1. The smallest absolute Gasteiger partial charge is 0.410 e. The molecule has 1 saturated carbocycles. The highest BCUT2D eigenvalue weighted by molar-refractivity contribution is 5.99. The molecule has 0 radical (unpaired) electrons. The number of ether oxygens (including phenoxy) is 4. The second-order valence-corrected chi connectivity index (χ2v) is 16.3. The molecule has 2 atom stereocenters. The molecule has 0 spiro atoms. The van der Waals surface area contributed by atoms with Crippen molar-refractivity contribution in [1.82, 2.24) is 10.6 Å². The van der Waals surface area contributed by atoms with Crippen LogP contribution in [0.4, 0.5) is 30.6 Å². The fourth-order valence-corrected chi connectivity index (χ4v) is 7.41. The van der Waals surface area contributed by atoms with Gasteiger partial charge in [-0.25, -0.2) is 19.2 Å². The molecule has 4 aromatic rings. The van der Waals surface area contributed by atoms with Crippen LogP contribution in [0.1, 0.15) is 76.1 Å². The zero-order valence-electron chi connectivity index (χ0n) is 36.4. The quantitative estimate of drug-likeness (QED) is 0.0425. The average molecular weight is 873 g/mol. The molecule has 0 bridgehead atoms. The molecule has 0 aliphatic heterocycles. The summed E-state index contributed by atoms with van der Waals surface area (Å²) in [6.07, 6.45) is 2.21. The van der Waals surface area contributed by atoms with E-state index >= 15 is 0 Å². The lowest BCUT2D eigenvalue weighted by atomic mass is 9.62. The van der Waals surface area contributed by atoms with Crippen molar-refractivity contribution in [2.75, 3.05) is 17.2 Å². The van der Waals surface area contributed by atoms with Gasteiger partial charge in [-0.3, -0.25) is 20.3 Å². The van der Waals surface area contributed by atoms with E-state index in [1.54, 1.807) is 113 Å². The monoisotopic (exact) mass is 872 g/mol. The molecule has 18 heteroatoms. The summed E-state index contributed by atoms with van der Waals surface area (Å²) in [5.41, 5.74) is 3.66. The van der Waals surface area contributed by atoms with Crippen LogP contribution >= 0.6 is 0 Å². The van der Waals surface area contributed by atoms with Crippen LogP contribution in [0.15, 0.2) is 95.2 Å². The summed E-state index contributed by atoms with van der Waals surface area (Å²) >= 11 is 0. The van der Waals surface area contributed by atoms with Gasteiger partial charge in [0.05, 0.1) is 11.4 Å². The standard InChI is InChI=1S/C46H48N8O10/c1-28-8-14-34(20-39(28)59-26-47)50-42(56)61-37-16-10-32(11-17-37)30(3)53-63-41(55)49-25-46(7)23-36(22-45(5,6)24-46)52-44(58)64-54-31(4)33-12-18-38(19-13-33)62-43(57)51-35-15-9-29(2)40(21-35)60-27-48/h8-21,36H,22-25H2,1-7H3,(H,49,55)(H,50,56)(H,51,57)(H,52,58)/b53-30+,54-31+. The van der Waals surface area contributed by atoms with Crippen LogP contribution < -0.4 is 40.2 Å². The maximum Gasteiger partial charge on any atom is 0.433 e. The van der Waals surface area contributed by atoms with Crippen molar-refractivity contribution in [3.63, 3.8) is 0 Å². The molecule has 0 heterocycles. The lowest BCUT2D eigenvalue weighted by Crippen LogP contribution is -2.50. The number of amides is 4. The Hall–Kier alpha value is -8.12. The van der Waals surface area contributed by atoms with Crippen molar-refractivity contribution in [3.05, 3.63) is 107 Å². The molecule has 4 N–H and O–H groups in total. The number of nitrogens with one attached hydrogen (secondary N) is 4. The van der Waals surface area contributed by atoms with E-state index in [-0.39, 0.29) is 29.5 Å². The molecule has 64 heavy (non-hydrogen) atoms. The number of anilines is 2. The van der Waals surface area contributed by atoms with Crippen LogP contribution in [0.25, 0.3) is 0 Å². The fourth-order valence-electron chi connectivity index (χ4n) is 7.41. The van der Waals surface area contributed by atoms with Crippen LogP contribution in [0, 0.1) is 47.7 Å². The average Bonchev–Trinajstić information content (AvgIpc) is 3.23. The van der Waals surface area contributed by atoms with E-state index in [2.05, 4.69) is 45.4 Å². The van der Waals surface area contributed by atoms with E-state index in [1.165, 1.54) is 12.1 Å². The molecular formula is C46H48N8O10. The first kappa shape index (κ1) is 46.9. The topological polar surface area (TPSA) is 244 Å². The second-order valence-electron chi connectivity index (χ2n) is 16.3. The summed E-state index contributed by atoms with van der Waals surface area (Å²) in [6, 6.07) is 22.3. The van der Waals surface area contributed by atoms with Gasteiger partial charge in [-0.2, -0.15) is 0 Å². The Bertz CT molecular complexity index is 2510. The maximum atomic E-state index is 12.9. The number of oxime groups is 2. The third-order valence-electron chi connectivity index (χ3n) is 10.1. The number of benzene rings is 4. The summed E-state index contributed by atoms with van der Waals surface area (Å²) in [5, 5.41) is 36.5. The SMILES string of the molecule is C/C(=N\OC(=O)NCC1(C)CC(NC(=O)O/N=C(\C)c2ccc(OC(=O)Nc3ccc(C)c(OC#N)c3)cc2)CC(C)(C)C1)c1ccc(OC(=O)Nc2ccc(C)c(OC#N)c2)cc1. The lowest BCUT2D eigenvalue weighted by Gasteiger charge is -2.46. The molecule has 0 aromatic heterocycles. The highest BCUT2D eigenvalue weighted by Crippen LogP contribution is 2.46. The highest BCUT2D eigenvalue weighted by atomic mass is 16.7. The summed E-state index contributed by atoms with van der Waals surface area (Å²) in [5.74, 6) is 1.14. The Labute approximate surface area is 370 Å². The summed E-state index contributed by atoms with van der Waals surface area (Å²) < 4.78 is 20.5. The van der Waals surface area contributed by atoms with Crippen molar-refractivity contribution < 1.29 is 47.8 Å². The van der Waals surface area contributed by atoms with Gasteiger partial charge in [0.1, 0.15) is 23.0 Å². The van der Waals surface area contributed by atoms with E-state index in [1.807, 2.05) is 6.92 Å². The molecule has 18 nitrogen and oxygen atoms in total. The van der Waals surface area contributed by atoms with Crippen LogP contribution in [-0.2, 0) is 9.68 Å². The summed E-state index contributed by atoms with van der Waals surface area (Å²) in [6.45, 7) is 13.3. The number of nitriles is 2. The fraction of sp³-hybridized carbons (Fsp3) is 0.304. The number of nitrogens with zero attached hydrogens (tertiary/aromatic N) is 4. The molecule has 4 amide bonds. The van der Waals surface area contributed by atoms with Crippen molar-refractivity contribution in [1.29, 1.82) is 10.5 Å². The number of hydrogen-bond acceptors (Lipinski definition) is 14. The van der Waals surface area contributed by atoms with Gasteiger partial charge in [0.25, 0.3) is 12.5 Å². The zero-order chi connectivity index (χ0) is 46.4. The van der Waals surface area contributed by atoms with E-state index < -0.39 is 29.8 Å². The predicted octanol–water partition coefficient (Wildman–Crippen LogP) is 9.43. The van der Waals surface area contributed by atoms with Gasteiger partial charge in [0, 0.05) is 36.1 Å². The third-order valence-corrected chi connectivity index (χ3v) is 10.1. The first-order valence-corrected chi connectivity index (χ1v) is 20.0. The number of hydrogen-bond donors (Lipinski definition) is 4. The van der Waals surface area contributed by atoms with E-state index in [0.717, 1.165) is 17.5 Å². The highest BCUT2D eigenvalue weighted by Gasteiger charge is 2.42. The Morgan fingerprint density at radius 2 is 1.11 bits per heavy atom. The molecule has 4 aromatic carbocycles. The molecule has 1 aliphatic carbocycles. The summed E-state index contributed by atoms with van der Waals surface area (Å²) in [7, 11) is 0. The minimum absolute atomic E-state index is 0.187. The maximum absolute atomic E-state index is 12.9. The van der Waals surface area contributed by atoms with Gasteiger partial charge in [-0.1, -0.05) is 43.2 Å². The van der Waals surface area contributed by atoms with Crippen molar-refractivity contribution in [2.45, 2.75) is 73.8 Å². The van der Waals surface area contributed by atoms with Crippen LogP contribution in [0.3, 0.4) is 0 Å². The summed E-state index contributed by atoms with van der Waals surface area (Å²) in [4.78, 5) is 60.9. The Kier molecular flexibility index (Phi) is 15.5. The zero-order valence-corrected chi connectivity index (χ0v) is 36.4. The molecular weight excluding hydrogens is 825 g/mol. The number of carbonyl (C=O) groups excluding carboxylic acids is 4. The minimum atomic E-state index is -0.749. The number of rotatable bonds is 13. The number of carbonyl (C=O) groups is 4. The third kappa shape index (κ3) is 14.0. The van der Waals surface area contributed by atoms with Gasteiger partial charge < -0.3 is 29.6 Å². The van der Waals surface area contributed by atoms with Crippen molar-refractivity contribution >= 4 is 47.2 Å². The first-order valence-electron chi connectivity index (χ1n) is 20.0. The molecule has 2 unspecified atom stereocenters. The molecule has 5 rings (SSSR count). The Balaban J connectivity index is 1.06. The minimum Gasteiger partial charge on any atom is -0.410 e. The van der Waals surface area contributed by atoms with Gasteiger partial charge in [-0.15, -0.1) is 10.5 Å². The Morgan fingerprint density at radius 1 is 0.656 bits per heavy atom. The van der Waals surface area contributed by atoms with Gasteiger partial charge in [-0.05, 0) is 141 Å². The van der Waals surface area contributed by atoms with Gasteiger partial charge in [0.15, 0.2) is 0 Å². The largest absolute Gasteiger partial charge is 0.433 e. The van der Waals surface area contributed by atoms with Crippen LogP contribution in [-0.4, -0.2) is 48.4 Å². The molecule has 0 saturated heterocycles. The number of aryl methyl sites for hydroxylation is 2. The molecule has 332 valence electrons.